The van der Waals surface area contributed by atoms with Gasteiger partial charge in [0.15, 0.2) is 5.82 Å². The monoisotopic (exact) mass is 350 g/mol. The fourth-order valence-electron chi connectivity index (χ4n) is 2.21. The molecule has 0 bridgehead atoms. The molecule has 1 aromatic carbocycles. The second kappa shape index (κ2) is 5.45. The lowest BCUT2D eigenvalue weighted by molar-refractivity contribution is 0.866. The quantitative estimate of drug-likeness (QED) is 0.676. The molecule has 1 fully saturated rings. The second-order valence-electron chi connectivity index (χ2n) is 5.59. The minimum atomic E-state index is 0.504. The Balaban J connectivity index is 2.01. The van der Waals surface area contributed by atoms with Crippen molar-refractivity contribution in [2.24, 2.45) is 0 Å². The zero-order chi connectivity index (χ0) is 14.3. The highest BCUT2D eigenvalue weighted by Crippen LogP contribution is 2.44. The van der Waals surface area contributed by atoms with E-state index in [1.165, 1.54) is 18.4 Å². The van der Waals surface area contributed by atoms with Crippen LogP contribution < -0.4 is 0 Å². The number of halogens is 2. The summed E-state index contributed by atoms with van der Waals surface area (Å²) in [5, 5.41) is 0.504. The average molecular weight is 352 g/mol. The third-order valence-electron chi connectivity index (χ3n) is 3.64. The van der Waals surface area contributed by atoms with Crippen LogP contribution in [-0.4, -0.2) is 9.97 Å². The molecule has 0 N–H and O–H groups in total. The van der Waals surface area contributed by atoms with Crippen molar-refractivity contribution < 1.29 is 0 Å². The van der Waals surface area contributed by atoms with Gasteiger partial charge in [0.2, 0.25) is 0 Å². The number of rotatable bonds is 3. The van der Waals surface area contributed by atoms with E-state index in [4.69, 9.17) is 16.6 Å². The molecule has 0 amide bonds. The van der Waals surface area contributed by atoms with E-state index < -0.39 is 0 Å². The molecule has 0 atom stereocenters. The van der Waals surface area contributed by atoms with Crippen LogP contribution >= 0.6 is 27.5 Å². The van der Waals surface area contributed by atoms with Gasteiger partial charge in [-0.3, -0.25) is 0 Å². The summed E-state index contributed by atoms with van der Waals surface area (Å²) < 4.78 is 0.851. The number of hydrogen-bond donors (Lipinski definition) is 0. The maximum atomic E-state index is 6.22. The Bertz CT molecular complexity index is 634. The third kappa shape index (κ3) is 2.75. The van der Waals surface area contributed by atoms with Crippen molar-refractivity contribution in [2.75, 3.05) is 0 Å². The SMILES string of the molecule is CC(C)c1ccc(-c2nc(Cl)c(Br)c(C3CC3)n2)cc1. The maximum absolute atomic E-state index is 6.22. The number of hydrogen-bond acceptors (Lipinski definition) is 2. The van der Waals surface area contributed by atoms with Crippen LogP contribution in [0.4, 0.5) is 0 Å². The van der Waals surface area contributed by atoms with E-state index in [9.17, 15) is 0 Å². The first-order chi connectivity index (χ1) is 9.56. The predicted octanol–water partition coefficient (Wildman–Crippen LogP) is 5.56. The first-order valence-corrected chi connectivity index (χ1v) is 8.06. The van der Waals surface area contributed by atoms with Gasteiger partial charge in [-0.25, -0.2) is 9.97 Å². The standard InChI is InChI=1S/C16H16BrClN2/c1-9(2)10-3-7-12(8-4-10)16-19-14(11-5-6-11)13(17)15(18)20-16/h3-4,7-9,11H,5-6H2,1-2H3. The fourth-order valence-corrected chi connectivity index (χ4v) is 2.89. The molecule has 0 unspecified atom stereocenters. The molecular formula is C16H16BrClN2. The van der Waals surface area contributed by atoms with Crippen LogP contribution in [-0.2, 0) is 0 Å². The predicted molar refractivity (Wildman–Crippen MR) is 86.2 cm³/mol. The van der Waals surface area contributed by atoms with Crippen molar-refractivity contribution in [2.45, 2.75) is 38.5 Å². The van der Waals surface area contributed by atoms with Crippen molar-refractivity contribution in [1.29, 1.82) is 0 Å². The molecule has 0 aliphatic heterocycles. The summed E-state index contributed by atoms with van der Waals surface area (Å²) in [6.07, 6.45) is 2.38. The van der Waals surface area contributed by atoms with E-state index in [1.54, 1.807) is 0 Å². The lowest BCUT2D eigenvalue weighted by atomic mass is 10.0. The summed E-state index contributed by atoms with van der Waals surface area (Å²) in [4.78, 5) is 9.09. The minimum absolute atomic E-state index is 0.504. The number of aromatic nitrogens is 2. The lowest BCUT2D eigenvalue weighted by Gasteiger charge is -2.09. The molecule has 1 aliphatic carbocycles. The van der Waals surface area contributed by atoms with Crippen LogP contribution in [0.1, 0.15) is 49.8 Å². The molecule has 4 heteroatoms. The molecule has 0 spiro atoms. The van der Waals surface area contributed by atoms with Crippen molar-refractivity contribution in [3.8, 4) is 11.4 Å². The summed E-state index contributed by atoms with van der Waals surface area (Å²) in [5.74, 6) is 1.79. The molecule has 2 aromatic rings. The van der Waals surface area contributed by atoms with Crippen LogP contribution in [0.2, 0.25) is 5.15 Å². The van der Waals surface area contributed by atoms with Crippen molar-refractivity contribution in [3.63, 3.8) is 0 Å². The van der Waals surface area contributed by atoms with E-state index in [0.29, 0.717) is 17.0 Å². The van der Waals surface area contributed by atoms with Crippen molar-refractivity contribution >= 4 is 27.5 Å². The average Bonchev–Trinajstić information content (AvgIpc) is 3.26. The topological polar surface area (TPSA) is 25.8 Å². The zero-order valence-corrected chi connectivity index (χ0v) is 13.9. The van der Waals surface area contributed by atoms with Crippen LogP contribution in [0, 0.1) is 0 Å². The smallest absolute Gasteiger partial charge is 0.161 e. The Labute approximate surface area is 132 Å². The summed E-state index contributed by atoms with van der Waals surface area (Å²) >= 11 is 9.73. The molecule has 3 rings (SSSR count). The summed E-state index contributed by atoms with van der Waals surface area (Å²) in [7, 11) is 0. The van der Waals surface area contributed by atoms with Gasteiger partial charge in [-0.15, -0.1) is 0 Å². The molecule has 1 saturated carbocycles. The Morgan fingerprint density at radius 2 is 1.80 bits per heavy atom. The van der Waals surface area contributed by atoms with E-state index >= 15 is 0 Å². The van der Waals surface area contributed by atoms with Gasteiger partial charge in [-0.05, 0) is 40.3 Å². The molecule has 1 heterocycles. The van der Waals surface area contributed by atoms with Crippen LogP contribution in [0.25, 0.3) is 11.4 Å². The summed E-state index contributed by atoms with van der Waals surface area (Å²) in [6.45, 7) is 4.38. The van der Waals surface area contributed by atoms with Gasteiger partial charge in [-0.1, -0.05) is 49.7 Å². The number of nitrogens with zero attached hydrogens (tertiary/aromatic N) is 2. The molecule has 0 radical (unpaired) electrons. The molecule has 0 saturated heterocycles. The lowest BCUT2D eigenvalue weighted by Crippen LogP contribution is -1.97. The zero-order valence-electron chi connectivity index (χ0n) is 11.5. The molecule has 20 heavy (non-hydrogen) atoms. The Morgan fingerprint density at radius 3 is 2.35 bits per heavy atom. The fraction of sp³-hybridized carbons (Fsp3) is 0.375. The van der Waals surface area contributed by atoms with Crippen LogP contribution in [0.15, 0.2) is 28.7 Å². The normalized spacial score (nSPS) is 14.8. The highest BCUT2D eigenvalue weighted by atomic mass is 79.9. The molecule has 104 valence electrons. The van der Waals surface area contributed by atoms with Crippen LogP contribution in [0.5, 0.6) is 0 Å². The van der Waals surface area contributed by atoms with Crippen molar-refractivity contribution in [1.82, 2.24) is 9.97 Å². The Kier molecular flexibility index (Phi) is 3.83. The van der Waals surface area contributed by atoms with Gasteiger partial charge in [0.1, 0.15) is 5.15 Å². The summed E-state index contributed by atoms with van der Waals surface area (Å²) in [5.41, 5.74) is 3.39. The van der Waals surface area contributed by atoms with Gasteiger partial charge in [0.05, 0.1) is 10.2 Å². The van der Waals surface area contributed by atoms with E-state index in [0.717, 1.165) is 21.6 Å². The van der Waals surface area contributed by atoms with Gasteiger partial charge in [-0.2, -0.15) is 0 Å². The van der Waals surface area contributed by atoms with E-state index in [1.807, 2.05) is 0 Å². The third-order valence-corrected chi connectivity index (χ3v) is 4.92. The largest absolute Gasteiger partial charge is 0.231 e. The Morgan fingerprint density at radius 1 is 1.15 bits per heavy atom. The van der Waals surface area contributed by atoms with Gasteiger partial charge < -0.3 is 0 Å². The van der Waals surface area contributed by atoms with Crippen LogP contribution in [0.3, 0.4) is 0 Å². The summed E-state index contributed by atoms with van der Waals surface area (Å²) in [6, 6.07) is 8.42. The highest BCUT2D eigenvalue weighted by molar-refractivity contribution is 9.10. The highest BCUT2D eigenvalue weighted by Gasteiger charge is 2.29. The minimum Gasteiger partial charge on any atom is -0.231 e. The van der Waals surface area contributed by atoms with Gasteiger partial charge in [0.25, 0.3) is 0 Å². The van der Waals surface area contributed by atoms with Gasteiger partial charge in [0, 0.05) is 11.5 Å². The molecule has 1 aromatic heterocycles. The van der Waals surface area contributed by atoms with Gasteiger partial charge >= 0.3 is 0 Å². The second-order valence-corrected chi connectivity index (χ2v) is 6.74. The Hall–Kier alpha value is -0.930. The van der Waals surface area contributed by atoms with E-state index in [2.05, 4.69) is 59.0 Å². The molecular weight excluding hydrogens is 336 g/mol. The molecule has 2 nitrogen and oxygen atoms in total. The maximum Gasteiger partial charge on any atom is 0.161 e. The number of benzene rings is 1. The molecule has 1 aliphatic rings. The van der Waals surface area contributed by atoms with Crippen molar-refractivity contribution in [3.05, 3.63) is 45.1 Å². The first kappa shape index (κ1) is 14.0. The van der Waals surface area contributed by atoms with E-state index in [-0.39, 0.29) is 0 Å². The first-order valence-electron chi connectivity index (χ1n) is 6.89.